The van der Waals surface area contributed by atoms with E-state index in [1.54, 1.807) is 24.3 Å². The molecule has 0 bridgehead atoms. The van der Waals surface area contributed by atoms with Crippen molar-refractivity contribution in [2.45, 2.75) is 20.3 Å². The fraction of sp³-hybridized carbons (Fsp3) is 0.556. The monoisotopic (exact) mass is 348 g/mol. The maximum Gasteiger partial charge on any atom is 0.238 e. The van der Waals surface area contributed by atoms with E-state index in [1.165, 1.54) is 0 Å². The second kappa shape index (κ2) is 8.48. The Labute approximate surface area is 149 Å². The topological polar surface area (TPSA) is 59.4 Å². The number of carbonyl (C=O) groups is 1. The fourth-order valence-electron chi connectivity index (χ4n) is 2.60. The first-order chi connectivity index (χ1) is 11.4. The van der Waals surface area contributed by atoms with E-state index in [2.05, 4.69) is 21.2 Å². The smallest absolute Gasteiger partial charge is 0.238 e. The third-order valence-corrected chi connectivity index (χ3v) is 4.57. The van der Waals surface area contributed by atoms with E-state index in [9.17, 15) is 4.79 Å². The van der Waals surface area contributed by atoms with Gasteiger partial charge in [-0.3, -0.25) is 9.69 Å². The number of nitrogens with zero attached hydrogens (tertiary/aromatic N) is 3. The molecule has 1 amide bonds. The first-order valence-electron chi connectivity index (χ1n) is 8.29. The molecule has 0 radical (unpaired) electrons. The van der Waals surface area contributed by atoms with Gasteiger partial charge in [0, 0.05) is 36.9 Å². The lowest BCUT2D eigenvalue weighted by Crippen LogP contribution is -2.49. The minimum absolute atomic E-state index is 0.00335. The van der Waals surface area contributed by atoms with Gasteiger partial charge in [0.05, 0.1) is 18.0 Å². The molecule has 0 aromatic heterocycles. The van der Waals surface area contributed by atoms with Gasteiger partial charge in [-0.25, -0.2) is 0 Å². The van der Waals surface area contributed by atoms with Gasteiger partial charge in [0.2, 0.25) is 5.91 Å². The van der Waals surface area contributed by atoms with Crippen LogP contribution in [0.3, 0.4) is 0 Å². The van der Waals surface area contributed by atoms with Gasteiger partial charge >= 0.3 is 0 Å². The quantitative estimate of drug-likeness (QED) is 0.858. The van der Waals surface area contributed by atoms with Gasteiger partial charge in [0.1, 0.15) is 0 Å². The van der Waals surface area contributed by atoms with Crippen LogP contribution < -0.4 is 5.32 Å². The summed E-state index contributed by atoms with van der Waals surface area (Å²) in [6, 6.07) is 9.47. The minimum Gasteiger partial charge on any atom is -0.325 e. The van der Waals surface area contributed by atoms with E-state index in [1.807, 2.05) is 13.8 Å². The van der Waals surface area contributed by atoms with Crippen molar-refractivity contribution in [1.29, 1.82) is 5.26 Å². The van der Waals surface area contributed by atoms with Crippen LogP contribution >= 0.6 is 11.6 Å². The summed E-state index contributed by atoms with van der Waals surface area (Å²) in [6.07, 6.45) is 0.876. The van der Waals surface area contributed by atoms with Gasteiger partial charge in [0.25, 0.3) is 0 Å². The van der Waals surface area contributed by atoms with Crippen LogP contribution in [0.2, 0.25) is 5.02 Å². The summed E-state index contributed by atoms with van der Waals surface area (Å²) in [6.45, 7) is 8.92. The highest BCUT2D eigenvalue weighted by Gasteiger charge is 2.22. The molecular formula is C18H25ClN4O. The van der Waals surface area contributed by atoms with E-state index in [-0.39, 0.29) is 11.3 Å². The van der Waals surface area contributed by atoms with E-state index < -0.39 is 0 Å². The van der Waals surface area contributed by atoms with Crippen LogP contribution in [0, 0.1) is 16.7 Å². The number of rotatable bonds is 6. The first kappa shape index (κ1) is 18.7. The van der Waals surface area contributed by atoms with Gasteiger partial charge in [-0.1, -0.05) is 11.6 Å². The summed E-state index contributed by atoms with van der Waals surface area (Å²) >= 11 is 5.84. The van der Waals surface area contributed by atoms with Crippen molar-refractivity contribution in [1.82, 2.24) is 9.80 Å². The number of hydrogen-bond acceptors (Lipinski definition) is 4. The number of halogens is 1. The molecule has 1 N–H and O–H groups in total. The number of amides is 1. The fourth-order valence-corrected chi connectivity index (χ4v) is 2.73. The van der Waals surface area contributed by atoms with Gasteiger partial charge < -0.3 is 10.2 Å². The normalized spacial score (nSPS) is 16.6. The van der Waals surface area contributed by atoms with Crippen LogP contribution in [0.4, 0.5) is 5.69 Å². The summed E-state index contributed by atoms with van der Waals surface area (Å²) < 4.78 is 0. The summed E-state index contributed by atoms with van der Waals surface area (Å²) in [5.74, 6) is -0.00335. The van der Waals surface area contributed by atoms with Crippen molar-refractivity contribution >= 4 is 23.2 Å². The zero-order valence-electron chi connectivity index (χ0n) is 14.4. The SMILES string of the molecule is CC(C)(C#N)CCN1CCN(CC(=O)Nc2ccc(Cl)cc2)CC1. The Kier molecular flexibility index (Phi) is 6.61. The molecule has 1 aromatic rings. The lowest BCUT2D eigenvalue weighted by molar-refractivity contribution is -0.117. The van der Waals surface area contributed by atoms with Crippen molar-refractivity contribution in [2.75, 3.05) is 44.6 Å². The molecule has 24 heavy (non-hydrogen) atoms. The lowest BCUT2D eigenvalue weighted by atomic mass is 9.91. The molecule has 1 aliphatic rings. The summed E-state index contributed by atoms with van der Waals surface area (Å²) in [5.41, 5.74) is 0.497. The predicted octanol–water partition coefficient (Wildman–Crippen LogP) is 2.84. The van der Waals surface area contributed by atoms with E-state index in [4.69, 9.17) is 16.9 Å². The average Bonchev–Trinajstić information content (AvgIpc) is 2.56. The Balaban J connectivity index is 1.70. The maximum atomic E-state index is 12.1. The molecule has 0 saturated carbocycles. The van der Waals surface area contributed by atoms with E-state index in [0.29, 0.717) is 11.6 Å². The van der Waals surface area contributed by atoms with Crippen LogP contribution in [-0.2, 0) is 4.79 Å². The standard InChI is InChI=1S/C18H25ClN4O/c1-18(2,14-20)7-8-22-9-11-23(12-10-22)13-17(24)21-16-5-3-15(19)4-6-16/h3-6H,7-13H2,1-2H3,(H,21,24). The summed E-state index contributed by atoms with van der Waals surface area (Å²) in [5, 5.41) is 12.6. The Morgan fingerprint density at radius 2 is 1.79 bits per heavy atom. The number of nitriles is 1. The second-order valence-electron chi connectivity index (χ2n) is 6.92. The Bertz CT molecular complexity index is 586. The molecule has 0 atom stereocenters. The molecule has 0 spiro atoms. The van der Waals surface area contributed by atoms with Gasteiger partial charge in [-0.2, -0.15) is 5.26 Å². The number of anilines is 1. The number of nitrogens with one attached hydrogen (secondary N) is 1. The van der Waals surface area contributed by atoms with Gasteiger partial charge in [0.15, 0.2) is 0 Å². The van der Waals surface area contributed by atoms with Gasteiger partial charge in [-0.05, 0) is 51.1 Å². The zero-order chi connectivity index (χ0) is 17.6. The number of piperazine rings is 1. The largest absolute Gasteiger partial charge is 0.325 e. The third-order valence-electron chi connectivity index (χ3n) is 4.32. The summed E-state index contributed by atoms with van der Waals surface area (Å²) in [7, 11) is 0. The Hall–Kier alpha value is -1.61. The van der Waals surface area contributed by atoms with Crippen molar-refractivity contribution < 1.29 is 4.79 Å². The van der Waals surface area contributed by atoms with Crippen molar-refractivity contribution in [2.24, 2.45) is 5.41 Å². The average molecular weight is 349 g/mol. The zero-order valence-corrected chi connectivity index (χ0v) is 15.1. The highest BCUT2D eigenvalue weighted by Crippen LogP contribution is 2.19. The van der Waals surface area contributed by atoms with Crippen LogP contribution in [0.1, 0.15) is 20.3 Å². The minimum atomic E-state index is -0.268. The molecule has 5 nitrogen and oxygen atoms in total. The highest BCUT2D eigenvalue weighted by molar-refractivity contribution is 6.30. The third kappa shape index (κ3) is 6.12. The molecule has 1 saturated heterocycles. The predicted molar refractivity (Wildman–Crippen MR) is 97.0 cm³/mol. The molecular weight excluding hydrogens is 324 g/mol. The highest BCUT2D eigenvalue weighted by atomic mass is 35.5. The maximum absolute atomic E-state index is 12.1. The van der Waals surface area contributed by atoms with Crippen LogP contribution in [0.25, 0.3) is 0 Å². The second-order valence-corrected chi connectivity index (χ2v) is 7.35. The molecule has 2 rings (SSSR count). The molecule has 130 valence electrons. The van der Waals surface area contributed by atoms with Crippen molar-refractivity contribution in [3.05, 3.63) is 29.3 Å². The molecule has 1 heterocycles. The van der Waals surface area contributed by atoms with Crippen LogP contribution in [0.5, 0.6) is 0 Å². The van der Waals surface area contributed by atoms with Crippen molar-refractivity contribution in [3.8, 4) is 6.07 Å². The Morgan fingerprint density at radius 3 is 2.38 bits per heavy atom. The summed E-state index contributed by atoms with van der Waals surface area (Å²) in [4.78, 5) is 16.6. The molecule has 6 heteroatoms. The molecule has 0 unspecified atom stereocenters. The Morgan fingerprint density at radius 1 is 1.21 bits per heavy atom. The van der Waals surface area contributed by atoms with E-state index in [0.717, 1.165) is 44.8 Å². The number of benzene rings is 1. The van der Waals surface area contributed by atoms with Gasteiger partial charge in [-0.15, -0.1) is 0 Å². The number of hydrogen-bond donors (Lipinski definition) is 1. The van der Waals surface area contributed by atoms with E-state index >= 15 is 0 Å². The van der Waals surface area contributed by atoms with Crippen LogP contribution in [0.15, 0.2) is 24.3 Å². The molecule has 1 fully saturated rings. The lowest BCUT2D eigenvalue weighted by Gasteiger charge is -2.35. The molecule has 1 aromatic carbocycles. The van der Waals surface area contributed by atoms with Crippen molar-refractivity contribution in [3.63, 3.8) is 0 Å². The first-order valence-corrected chi connectivity index (χ1v) is 8.67. The molecule has 1 aliphatic heterocycles. The number of carbonyl (C=O) groups excluding carboxylic acids is 1. The molecule has 0 aliphatic carbocycles. The van der Waals surface area contributed by atoms with Crippen LogP contribution in [-0.4, -0.2) is 55.0 Å².